The number of amides is 1. The average molecular weight is 445 g/mol. The van der Waals surface area contributed by atoms with Gasteiger partial charge in [-0.05, 0) is 61.7 Å². The largest absolute Gasteiger partial charge is 0.465 e. The highest BCUT2D eigenvalue weighted by Crippen LogP contribution is 2.24. The summed E-state index contributed by atoms with van der Waals surface area (Å²) < 4.78 is 5.88. The highest BCUT2D eigenvalue weighted by molar-refractivity contribution is 9.10. The number of hydrogen-bond donors (Lipinski definition) is 1. The summed E-state index contributed by atoms with van der Waals surface area (Å²) in [5.74, 6) is -0.456. The molecule has 5 nitrogen and oxygen atoms in total. The van der Waals surface area contributed by atoms with Crippen LogP contribution in [-0.2, 0) is 16.1 Å². The van der Waals surface area contributed by atoms with E-state index in [4.69, 9.17) is 4.74 Å². The van der Waals surface area contributed by atoms with E-state index in [0.29, 0.717) is 11.3 Å². The summed E-state index contributed by atoms with van der Waals surface area (Å²) in [6.07, 6.45) is 1.87. The maximum absolute atomic E-state index is 12.9. The second-order valence-corrected chi connectivity index (χ2v) is 8.08. The molecule has 1 N–H and O–H groups in total. The summed E-state index contributed by atoms with van der Waals surface area (Å²) in [5, 5.41) is 3.01. The highest BCUT2D eigenvalue weighted by atomic mass is 79.9. The summed E-state index contributed by atoms with van der Waals surface area (Å²) >= 11 is 3.46. The Bertz CT molecular complexity index is 851. The number of hydrogen-bond acceptors (Lipinski definition) is 4. The second kappa shape index (κ2) is 9.34. The van der Waals surface area contributed by atoms with Gasteiger partial charge in [0.15, 0.2) is 0 Å². The third-order valence-corrected chi connectivity index (χ3v) is 5.72. The van der Waals surface area contributed by atoms with Gasteiger partial charge >= 0.3 is 5.97 Å². The Balaban J connectivity index is 1.64. The molecule has 148 valence electrons. The summed E-state index contributed by atoms with van der Waals surface area (Å²) in [7, 11) is 1.36. The topological polar surface area (TPSA) is 58.6 Å². The fraction of sp³-hybridized carbons (Fsp3) is 0.364. The van der Waals surface area contributed by atoms with Gasteiger partial charge in [-0.1, -0.05) is 34.1 Å². The standard InChI is InChI=1S/C22H25BrN2O3/c1-15-19(22(27)28-2)6-3-7-20(15)24-21(26)17-5-4-12-25(14-17)13-16-8-10-18(23)11-9-16/h3,6-11,17H,4-5,12-14H2,1-2H3,(H,24,26). The van der Waals surface area contributed by atoms with Crippen LogP contribution in [0.5, 0.6) is 0 Å². The zero-order valence-corrected chi connectivity index (χ0v) is 17.8. The first kappa shape index (κ1) is 20.6. The van der Waals surface area contributed by atoms with E-state index in [2.05, 4.69) is 38.3 Å². The first-order valence-corrected chi connectivity index (χ1v) is 10.2. The van der Waals surface area contributed by atoms with Crippen LogP contribution in [0.3, 0.4) is 0 Å². The fourth-order valence-corrected chi connectivity index (χ4v) is 3.86. The number of rotatable bonds is 5. The minimum Gasteiger partial charge on any atom is -0.465 e. The van der Waals surface area contributed by atoms with Crippen LogP contribution in [-0.4, -0.2) is 37.0 Å². The Morgan fingerprint density at radius 2 is 1.96 bits per heavy atom. The molecule has 0 saturated carbocycles. The quantitative estimate of drug-likeness (QED) is 0.694. The number of likely N-dealkylation sites (tertiary alicyclic amines) is 1. The van der Waals surface area contributed by atoms with Gasteiger partial charge in [0.2, 0.25) is 5.91 Å². The number of nitrogens with zero attached hydrogens (tertiary/aromatic N) is 1. The van der Waals surface area contributed by atoms with E-state index < -0.39 is 5.97 Å². The van der Waals surface area contributed by atoms with Crippen LogP contribution in [0.1, 0.15) is 34.3 Å². The monoisotopic (exact) mass is 444 g/mol. The Labute approximate surface area is 174 Å². The van der Waals surface area contributed by atoms with Gasteiger partial charge in [0, 0.05) is 23.2 Å². The van der Waals surface area contributed by atoms with E-state index in [9.17, 15) is 9.59 Å². The number of benzene rings is 2. The van der Waals surface area contributed by atoms with Crippen LogP contribution in [0.2, 0.25) is 0 Å². The molecule has 0 aromatic heterocycles. The fourth-order valence-electron chi connectivity index (χ4n) is 3.60. The van der Waals surface area contributed by atoms with Crippen LogP contribution in [0, 0.1) is 12.8 Å². The van der Waals surface area contributed by atoms with E-state index >= 15 is 0 Å². The molecule has 0 bridgehead atoms. The minimum atomic E-state index is -0.396. The van der Waals surface area contributed by atoms with Gasteiger partial charge in [-0.15, -0.1) is 0 Å². The van der Waals surface area contributed by atoms with Crippen molar-refractivity contribution in [1.29, 1.82) is 0 Å². The third kappa shape index (κ3) is 5.00. The van der Waals surface area contributed by atoms with Crippen LogP contribution in [0.4, 0.5) is 5.69 Å². The molecular weight excluding hydrogens is 420 g/mol. The molecule has 2 aromatic rings. The number of nitrogens with one attached hydrogen (secondary N) is 1. The zero-order chi connectivity index (χ0) is 20.1. The molecule has 6 heteroatoms. The highest BCUT2D eigenvalue weighted by Gasteiger charge is 2.26. The van der Waals surface area contributed by atoms with Crippen LogP contribution >= 0.6 is 15.9 Å². The second-order valence-electron chi connectivity index (χ2n) is 7.16. The molecule has 1 amide bonds. The maximum Gasteiger partial charge on any atom is 0.338 e. The zero-order valence-electron chi connectivity index (χ0n) is 16.2. The molecule has 28 heavy (non-hydrogen) atoms. The number of esters is 1. The van der Waals surface area contributed by atoms with Crippen molar-refractivity contribution in [2.75, 3.05) is 25.5 Å². The van der Waals surface area contributed by atoms with Gasteiger partial charge in [0.1, 0.15) is 0 Å². The summed E-state index contributed by atoms with van der Waals surface area (Å²) in [4.78, 5) is 27.0. The number of carbonyl (C=O) groups excluding carboxylic acids is 2. The van der Waals surface area contributed by atoms with Gasteiger partial charge in [0.05, 0.1) is 18.6 Å². The number of methoxy groups -OCH3 is 1. The first-order chi connectivity index (χ1) is 13.5. The average Bonchev–Trinajstić information content (AvgIpc) is 2.71. The first-order valence-electron chi connectivity index (χ1n) is 9.43. The number of carbonyl (C=O) groups is 2. The molecule has 0 aliphatic carbocycles. The van der Waals surface area contributed by atoms with Crippen molar-refractivity contribution in [3.63, 3.8) is 0 Å². The molecule has 0 spiro atoms. The van der Waals surface area contributed by atoms with Crippen molar-refractivity contribution >= 4 is 33.5 Å². The Morgan fingerprint density at radius 3 is 2.68 bits per heavy atom. The summed E-state index contributed by atoms with van der Waals surface area (Å²) in [6.45, 7) is 4.39. The normalized spacial score (nSPS) is 17.2. The Hall–Kier alpha value is -2.18. The Kier molecular flexibility index (Phi) is 6.86. The lowest BCUT2D eigenvalue weighted by Crippen LogP contribution is -2.40. The lowest BCUT2D eigenvalue weighted by atomic mass is 9.96. The molecule has 1 saturated heterocycles. The van der Waals surface area contributed by atoms with Gasteiger partial charge in [-0.3, -0.25) is 9.69 Å². The van der Waals surface area contributed by atoms with Crippen LogP contribution in [0.25, 0.3) is 0 Å². The Morgan fingerprint density at radius 1 is 1.21 bits per heavy atom. The van der Waals surface area contributed by atoms with Gasteiger partial charge in [-0.2, -0.15) is 0 Å². The molecule has 1 fully saturated rings. The molecule has 1 aliphatic heterocycles. The summed E-state index contributed by atoms with van der Waals surface area (Å²) in [5.41, 5.74) is 3.11. The number of halogens is 1. The predicted molar refractivity (Wildman–Crippen MR) is 113 cm³/mol. The van der Waals surface area contributed by atoms with Crippen molar-refractivity contribution in [1.82, 2.24) is 4.90 Å². The van der Waals surface area contributed by atoms with Gasteiger partial charge in [-0.25, -0.2) is 4.79 Å². The van der Waals surface area contributed by atoms with Crippen molar-refractivity contribution in [2.24, 2.45) is 5.92 Å². The van der Waals surface area contributed by atoms with Crippen LogP contribution in [0.15, 0.2) is 46.9 Å². The molecule has 2 aromatic carbocycles. The molecule has 1 atom stereocenters. The van der Waals surface area contributed by atoms with E-state index in [1.165, 1.54) is 12.7 Å². The molecule has 1 heterocycles. The number of anilines is 1. The smallest absolute Gasteiger partial charge is 0.338 e. The summed E-state index contributed by atoms with van der Waals surface area (Å²) in [6, 6.07) is 13.6. The molecule has 3 rings (SSSR count). The third-order valence-electron chi connectivity index (χ3n) is 5.19. The van der Waals surface area contributed by atoms with E-state index in [1.807, 2.05) is 25.1 Å². The van der Waals surface area contributed by atoms with Gasteiger partial charge < -0.3 is 10.1 Å². The number of ether oxygens (including phenoxy) is 1. The van der Waals surface area contributed by atoms with Gasteiger partial charge in [0.25, 0.3) is 0 Å². The predicted octanol–water partition coefficient (Wildman–Crippen LogP) is 4.39. The lowest BCUT2D eigenvalue weighted by Gasteiger charge is -2.32. The van der Waals surface area contributed by atoms with Crippen LogP contribution < -0.4 is 5.32 Å². The molecule has 0 radical (unpaired) electrons. The molecular formula is C22H25BrN2O3. The SMILES string of the molecule is COC(=O)c1cccc(NC(=O)C2CCCN(Cc3ccc(Br)cc3)C2)c1C. The van der Waals surface area contributed by atoms with E-state index in [0.717, 1.165) is 42.5 Å². The van der Waals surface area contributed by atoms with Crippen molar-refractivity contribution in [3.8, 4) is 0 Å². The van der Waals surface area contributed by atoms with E-state index in [1.54, 1.807) is 12.1 Å². The molecule has 1 unspecified atom stereocenters. The number of piperidine rings is 1. The minimum absolute atomic E-state index is 0.00521. The van der Waals surface area contributed by atoms with Crippen molar-refractivity contribution in [2.45, 2.75) is 26.3 Å². The molecule has 1 aliphatic rings. The lowest BCUT2D eigenvalue weighted by molar-refractivity contribution is -0.121. The maximum atomic E-state index is 12.9. The van der Waals surface area contributed by atoms with E-state index in [-0.39, 0.29) is 11.8 Å². The van der Waals surface area contributed by atoms with Crippen molar-refractivity contribution < 1.29 is 14.3 Å². The van der Waals surface area contributed by atoms with Crippen molar-refractivity contribution in [3.05, 3.63) is 63.6 Å².